The highest BCUT2D eigenvalue weighted by molar-refractivity contribution is 6.36. The minimum Gasteiger partial charge on any atom is -0.459 e. The number of rotatable bonds is 2. The highest BCUT2D eigenvalue weighted by atomic mass is 35.5. The van der Waals surface area contributed by atoms with Crippen molar-refractivity contribution in [2.24, 2.45) is 17.3 Å². The van der Waals surface area contributed by atoms with Crippen LogP contribution >= 0.6 is 23.2 Å². The molecule has 1 N–H and O–H groups in total. The van der Waals surface area contributed by atoms with Gasteiger partial charge in [-0.2, -0.15) is 0 Å². The number of ketones is 1. The van der Waals surface area contributed by atoms with Gasteiger partial charge in [-0.05, 0) is 62.1 Å². The standard InChI is InChI=1S/C28H27Cl2NO5/c1-16-11-12-18-24(26(2)22(32)13-14-28(16,26)34)35-25(33)27(18)15-21(23-19(29)9-6-10-20(23)30)31(36-27)17-7-4-3-5-8-17/h3-10,13-14,16,18,21,24,34H,11-12,15H2,1-2H3/t16-,18+,21+,24+,26-,27?,28+/m0/s1. The zero-order valence-corrected chi connectivity index (χ0v) is 21.5. The zero-order chi connectivity index (χ0) is 25.5. The van der Waals surface area contributed by atoms with Crippen LogP contribution in [0.1, 0.15) is 44.7 Å². The van der Waals surface area contributed by atoms with Gasteiger partial charge in [0.05, 0.1) is 17.1 Å². The average Bonchev–Trinajstić information content (AvgIpc) is 3.44. The van der Waals surface area contributed by atoms with E-state index in [0.29, 0.717) is 28.5 Å². The van der Waals surface area contributed by atoms with Crippen LogP contribution in [0.25, 0.3) is 0 Å². The number of para-hydroxylation sites is 1. The van der Waals surface area contributed by atoms with Gasteiger partial charge in [-0.1, -0.05) is 54.4 Å². The Bertz CT molecular complexity index is 1260. The summed E-state index contributed by atoms with van der Waals surface area (Å²) < 4.78 is 6.04. The lowest BCUT2D eigenvalue weighted by Gasteiger charge is -2.43. The number of anilines is 1. The van der Waals surface area contributed by atoms with E-state index in [1.165, 1.54) is 6.08 Å². The van der Waals surface area contributed by atoms with E-state index in [0.717, 1.165) is 5.69 Å². The molecule has 0 amide bonds. The van der Waals surface area contributed by atoms with Crippen LogP contribution in [0.15, 0.2) is 60.7 Å². The first-order chi connectivity index (χ1) is 17.1. The summed E-state index contributed by atoms with van der Waals surface area (Å²) in [6, 6.07) is 14.3. The van der Waals surface area contributed by atoms with E-state index >= 15 is 0 Å². The number of benzene rings is 2. The molecule has 2 aromatic carbocycles. The van der Waals surface area contributed by atoms with Crippen molar-refractivity contribution in [3.05, 3.63) is 76.3 Å². The van der Waals surface area contributed by atoms with Crippen LogP contribution in [-0.4, -0.2) is 34.2 Å². The SMILES string of the molecule is C[C@H]1CC[C@@H]2[C@@H](OC(=O)C23C[C@H](c2c(Cl)cccc2Cl)N(c2ccccc2)O3)[C@]2(C)C(=O)C=C[C@@]12O. The second-order valence-corrected chi connectivity index (χ2v) is 11.4. The van der Waals surface area contributed by atoms with Crippen LogP contribution < -0.4 is 5.06 Å². The fourth-order valence-corrected chi connectivity index (χ4v) is 7.53. The molecule has 6 rings (SSSR count). The fraction of sp³-hybridized carbons (Fsp3) is 0.429. The van der Waals surface area contributed by atoms with Crippen molar-refractivity contribution in [2.75, 3.05) is 5.06 Å². The van der Waals surface area contributed by atoms with Gasteiger partial charge in [0.25, 0.3) is 0 Å². The van der Waals surface area contributed by atoms with Gasteiger partial charge in [-0.25, -0.2) is 9.86 Å². The van der Waals surface area contributed by atoms with Crippen LogP contribution in [0.4, 0.5) is 5.69 Å². The van der Waals surface area contributed by atoms with Crippen LogP contribution in [0.3, 0.4) is 0 Å². The van der Waals surface area contributed by atoms with Gasteiger partial charge >= 0.3 is 5.97 Å². The van der Waals surface area contributed by atoms with Crippen molar-refractivity contribution < 1.29 is 24.3 Å². The summed E-state index contributed by atoms with van der Waals surface area (Å²) in [5.74, 6) is -1.41. The highest BCUT2D eigenvalue weighted by Gasteiger charge is 2.74. The van der Waals surface area contributed by atoms with Crippen molar-refractivity contribution in [1.29, 1.82) is 0 Å². The molecule has 0 aromatic heterocycles. The number of hydrogen-bond donors (Lipinski definition) is 1. The van der Waals surface area contributed by atoms with Crippen molar-refractivity contribution >= 4 is 40.6 Å². The minimum absolute atomic E-state index is 0.202. The molecule has 2 aromatic rings. The molecule has 2 saturated heterocycles. The number of ether oxygens (including phenoxy) is 1. The van der Waals surface area contributed by atoms with Crippen LogP contribution in [0.2, 0.25) is 10.0 Å². The Morgan fingerprint density at radius 1 is 1.03 bits per heavy atom. The van der Waals surface area contributed by atoms with Gasteiger partial charge in [0.1, 0.15) is 11.7 Å². The first-order valence-electron chi connectivity index (χ1n) is 12.3. The summed E-state index contributed by atoms with van der Waals surface area (Å²) in [6.07, 6.45) is 3.59. The van der Waals surface area contributed by atoms with Gasteiger partial charge in [0.2, 0.25) is 5.60 Å². The first-order valence-corrected chi connectivity index (χ1v) is 13.0. The maximum Gasteiger partial charge on any atom is 0.342 e. The van der Waals surface area contributed by atoms with E-state index in [4.69, 9.17) is 32.8 Å². The van der Waals surface area contributed by atoms with E-state index in [-0.39, 0.29) is 18.1 Å². The van der Waals surface area contributed by atoms with Crippen LogP contribution in [0, 0.1) is 17.3 Å². The lowest BCUT2D eigenvalue weighted by Crippen LogP contribution is -2.57. The summed E-state index contributed by atoms with van der Waals surface area (Å²) in [7, 11) is 0. The number of esters is 1. The predicted molar refractivity (Wildman–Crippen MR) is 136 cm³/mol. The number of allylic oxidation sites excluding steroid dienone is 1. The molecule has 3 fully saturated rings. The molecule has 36 heavy (non-hydrogen) atoms. The third kappa shape index (κ3) is 2.99. The van der Waals surface area contributed by atoms with E-state index in [1.54, 1.807) is 36.3 Å². The lowest BCUT2D eigenvalue weighted by atomic mass is 9.63. The molecule has 0 bridgehead atoms. The summed E-state index contributed by atoms with van der Waals surface area (Å²) in [5.41, 5.74) is -2.65. The normalized spacial score (nSPS) is 39.3. The van der Waals surface area contributed by atoms with Crippen molar-refractivity contribution in [1.82, 2.24) is 0 Å². The molecule has 6 nitrogen and oxygen atoms in total. The molecule has 4 aliphatic rings. The summed E-state index contributed by atoms with van der Waals surface area (Å²) >= 11 is 13.3. The van der Waals surface area contributed by atoms with Gasteiger partial charge in [0, 0.05) is 27.9 Å². The Hall–Kier alpha value is -2.38. The number of carbonyl (C=O) groups excluding carboxylic acids is 2. The van der Waals surface area contributed by atoms with Gasteiger partial charge < -0.3 is 9.84 Å². The molecule has 1 unspecified atom stereocenters. The van der Waals surface area contributed by atoms with Crippen molar-refractivity contribution in [2.45, 2.75) is 56.5 Å². The molecule has 2 aliphatic heterocycles. The number of hydroxylamine groups is 1. The summed E-state index contributed by atoms with van der Waals surface area (Å²) in [4.78, 5) is 33.6. The van der Waals surface area contributed by atoms with E-state index < -0.39 is 40.7 Å². The summed E-state index contributed by atoms with van der Waals surface area (Å²) in [5, 5.41) is 14.4. The molecule has 1 spiro atoms. The highest BCUT2D eigenvalue weighted by Crippen LogP contribution is 2.62. The third-order valence-corrected chi connectivity index (χ3v) is 9.65. The molecule has 1 saturated carbocycles. The number of hydrogen-bond acceptors (Lipinski definition) is 6. The fourth-order valence-electron chi connectivity index (χ4n) is 6.88. The average molecular weight is 528 g/mol. The van der Waals surface area contributed by atoms with E-state index in [1.807, 2.05) is 37.3 Å². The minimum atomic E-state index is -1.40. The van der Waals surface area contributed by atoms with Gasteiger partial charge in [-0.3, -0.25) is 9.63 Å². The second-order valence-electron chi connectivity index (χ2n) is 10.6. The quantitative estimate of drug-likeness (QED) is 0.522. The Balaban J connectivity index is 1.49. The van der Waals surface area contributed by atoms with Crippen molar-refractivity contribution in [3.63, 3.8) is 0 Å². The predicted octanol–water partition coefficient (Wildman–Crippen LogP) is 5.46. The zero-order valence-electron chi connectivity index (χ0n) is 20.0. The molecule has 0 radical (unpaired) electrons. The Morgan fingerprint density at radius 2 is 1.72 bits per heavy atom. The molecular formula is C28H27Cl2NO5. The summed E-state index contributed by atoms with van der Waals surface area (Å²) in [6.45, 7) is 3.66. The second kappa shape index (κ2) is 8.06. The van der Waals surface area contributed by atoms with Crippen LogP contribution in [-0.2, 0) is 19.2 Å². The van der Waals surface area contributed by atoms with Gasteiger partial charge in [0.15, 0.2) is 5.78 Å². The number of aliphatic hydroxyl groups is 1. The maximum absolute atomic E-state index is 13.8. The first kappa shape index (κ1) is 24.0. The maximum atomic E-state index is 13.8. The van der Waals surface area contributed by atoms with Crippen molar-refractivity contribution in [3.8, 4) is 0 Å². The number of nitrogens with zero attached hydrogens (tertiary/aromatic N) is 1. The smallest absolute Gasteiger partial charge is 0.342 e. The van der Waals surface area contributed by atoms with E-state index in [2.05, 4.69) is 0 Å². The number of fused-ring (bicyclic) bond motifs is 4. The third-order valence-electron chi connectivity index (χ3n) is 8.99. The number of halogens is 2. The Morgan fingerprint density at radius 3 is 2.42 bits per heavy atom. The molecule has 7 atom stereocenters. The van der Waals surface area contributed by atoms with Gasteiger partial charge in [-0.15, -0.1) is 0 Å². The monoisotopic (exact) mass is 527 g/mol. The Kier molecular flexibility index (Phi) is 5.37. The van der Waals surface area contributed by atoms with E-state index in [9.17, 15) is 14.7 Å². The molecular weight excluding hydrogens is 501 g/mol. The van der Waals surface area contributed by atoms with Crippen LogP contribution in [0.5, 0.6) is 0 Å². The lowest BCUT2D eigenvalue weighted by molar-refractivity contribution is -0.169. The topological polar surface area (TPSA) is 76.1 Å². The molecule has 8 heteroatoms. The molecule has 188 valence electrons. The largest absolute Gasteiger partial charge is 0.459 e. The molecule has 2 aliphatic carbocycles. The number of carbonyl (C=O) groups is 2. The molecule has 2 heterocycles. The Labute approximate surface area is 219 Å².